The van der Waals surface area contributed by atoms with E-state index in [1.807, 2.05) is 0 Å². The van der Waals surface area contributed by atoms with E-state index in [1.165, 1.54) is 154 Å². The van der Waals surface area contributed by atoms with Crippen LogP contribution in [0.5, 0.6) is 0 Å². The molecule has 0 aromatic heterocycles. The Morgan fingerprint density at radius 3 is 1.31 bits per heavy atom. The lowest BCUT2D eigenvalue weighted by molar-refractivity contribution is 0.147. The summed E-state index contributed by atoms with van der Waals surface area (Å²) in [6.07, 6.45) is 49.0. The summed E-state index contributed by atoms with van der Waals surface area (Å²) in [6.45, 7) is 6.97. The summed E-state index contributed by atoms with van der Waals surface area (Å²) in [5.74, 6) is 0.875. The highest BCUT2D eigenvalue weighted by Gasteiger charge is 2.04. The van der Waals surface area contributed by atoms with Gasteiger partial charge in [-0.2, -0.15) is 0 Å². The zero-order chi connectivity index (χ0) is 28.5. The van der Waals surface area contributed by atoms with Crippen LogP contribution in [-0.4, -0.2) is 11.2 Å². The summed E-state index contributed by atoms with van der Waals surface area (Å²) in [4.78, 5) is 0. The predicted molar refractivity (Wildman–Crippen MR) is 179 cm³/mol. The van der Waals surface area contributed by atoms with Crippen LogP contribution >= 0.6 is 0 Å². The second-order valence-corrected chi connectivity index (χ2v) is 12.4. The molecular formula is C38H72O. The molecule has 0 rings (SSSR count). The van der Waals surface area contributed by atoms with Crippen LogP contribution in [0.3, 0.4) is 0 Å². The molecule has 2 unspecified atom stereocenters. The van der Waals surface area contributed by atoms with E-state index in [1.54, 1.807) is 0 Å². The van der Waals surface area contributed by atoms with E-state index in [-0.39, 0.29) is 6.10 Å². The van der Waals surface area contributed by atoms with Crippen LogP contribution in [0.2, 0.25) is 0 Å². The van der Waals surface area contributed by atoms with E-state index >= 15 is 0 Å². The van der Waals surface area contributed by atoms with Gasteiger partial charge in [0.2, 0.25) is 0 Å². The van der Waals surface area contributed by atoms with E-state index in [2.05, 4.69) is 57.2 Å². The molecule has 1 N–H and O–H groups in total. The smallest absolute Gasteiger partial charge is 0.0540 e. The van der Waals surface area contributed by atoms with Crippen molar-refractivity contribution in [3.05, 3.63) is 36.5 Å². The number of allylic oxidation sites excluding steroid dienone is 6. The monoisotopic (exact) mass is 545 g/mol. The molecule has 230 valence electrons. The van der Waals surface area contributed by atoms with Crippen molar-refractivity contribution in [2.75, 3.05) is 0 Å². The van der Waals surface area contributed by atoms with Crippen LogP contribution in [-0.2, 0) is 0 Å². The lowest BCUT2D eigenvalue weighted by Gasteiger charge is -2.11. The first kappa shape index (κ1) is 38.2. The highest BCUT2D eigenvalue weighted by atomic mass is 16.3. The average molecular weight is 545 g/mol. The van der Waals surface area contributed by atoms with Gasteiger partial charge in [-0.15, -0.1) is 0 Å². The summed E-state index contributed by atoms with van der Waals surface area (Å²) in [6, 6.07) is 0. The summed E-state index contributed by atoms with van der Waals surface area (Å²) in [5, 5.41) is 10.3. The minimum Gasteiger partial charge on any atom is -0.393 e. The zero-order valence-corrected chi connectivity index (χ0v) is 27.2. The Kier molecular flexibility index (Phi) is 32.7. The topological polar surface area (TPSA) is 20.2 Å². The highest BCUT2D eigenvalue weighted by molar-refractivity contribution is 4.92. The fraction of sp³-hybridized carbons (Fsp3) is 0.842. The van der Waals surface area contributed by atoms with Crippen molar-refractivity contribution in [3.63, 3.8) is 0 Å². The van der Waals surface area contributed by atoms with Gasteiger partial charge in [0.15, 0.2) is 0 Å². The molecule has 0 saturated carbocycles. The predicted octanol–water partition coefficient (Wildman–Crippen LogP) is 13.2. The van der Waals surface area contributed by atoms with Crippen molar-refractivity contribution >= 4 is 0 Å². The Morgan fingerprint density at radius 2 is 0.795 bits per heavy atom. The van der Waals surface area contributed by atoms with Crippen molar-refractivity contribution in [1.29, 1.82) is 0 Å². The van der Waals surface area contributed by atoms with Crippen LogP contribution in [0.1, 0.15) is 194 Å². The molecule has 0 spiro atoms. The van der Waals surface area contributed by atoms with Gasteiger partial charge >= 0.3 is 0 Å². The van der Waals surface area contributed by atoms with Crippen LogP contribution in [0.4, 0.5) is 0 Å². The van der Waals surface area contributed by atoms with Gasteiger partial charge in [0, 0.05) is 0 Å². The minimum atomic E-state index is -0.0580. The van der Waals surface area contributed by atoms with Gasteiger partial charge in [0.25, 0.3) is 0 Å². The molecule has 0 aromatic carbocycles. The molecule has 0 radical (unpaired) electrons. The second-order valence-electron chi connectivity index (χ2n) is 12.4. The fourth-order valence-electron chi connectivity index (χ4n) is 5.37. The fourth-order valence-corrected chi connectivity index (χ4v) is 5.37. The van der Waals surface area contributed by atoms with Crippen LogP contribution in [0.15, 0.2) is 36.5 Å². The van der Waals surface area contributed by atoms with Crippen molar-refractivity contribution in [2.24, 2.45) is 5.92 Å². The Balaban J connectivity index is 3.33. The summed E-state index contributed by atoms with van der Waals surface area (Å²) in [7, 11) is 0. The van der Waals surface area contributed by atoms with Crippen LogP contribution in [0, 0.1) is 5.92 Å². The third kappa shape index (κ3) is 33.3. The summed E-state index contributed by atoms with van der Waals surface area (Å²) >= 11 is 0. The first-order valence-corrected chi connectivity index (χ1v) is 17.8. The number of hydrogen-bond donors (Lipinski definition) is 1. The van der Waals surface area contributed by atoms with Crippen molar-refractivity contribution in [2.45, 2.75) is 200 Å². The van der Waals surface area contributed by atoms with Gasteiger partial charge in [-0.25, -0.2) is 0 Å². The number of aliphatic hydroxyl groups excluding tert-OH is 1. The second kappa shape index (κ2) is 33.4. The molecule has 0 aliphatic rings. The summed E-state index contributed by atoms with van der Waals surface area (Å²) < 4.78 is 0. The van der Waals surface area contributed by atoms with Gasteiger partial charge in [-0.05, 0) is 76.5 Å². The van der Waals surface area contributed by atoms with E-state index < -0.39 is 0 Å². The number of rotatable bonds is 31. The molecule has 0 bridgehead atoms. The lowest BCUT2D eigenvalue weighted by atomic mass is 9.97. The molecule has 0 saturated heterocycles. The zero-order valence-electron chi connectivity index (χ0n) is 27.2. The third-order valence-corrected chi connectivity index (χ3v) is 8.19. The Hall–Kier alpha value is -0.820. The molecule has 0 aromatic rings. The molecule has 0 fully saturated rings. The van der Waals surface area contributed by atoms with E-state index in [9.17, 15) is 5.11 Å². The Bertz CT molecular complexity index is 531. The van der Waals surface area contributed by atoms with E-state index in [0.29, 0.717) is 0 Å². The van der Waals surface area contributed by atoms with Crippen LogP contribution < -0.4 is 0 Å². The Labute approximate surface area is 247 Å². The van der Waals surface area contributed by atoms with E-state index in [0.717, 1.165) is 25.2 Å². The van der Waals surface area contributed by atoms with Gasteiger partial charge in [0.1, 0.15) is 0 Å². The molecule has 1 heteroatoms. The highest BCUT2D eigenvalue weighted by Crippen LogP contribution is 2.18. The molecule has 1 nitrogen and oxygen atoms in total. The molecular weight excluding hydrogens is 472 g/mol. The SMILES string of the molecule is CCCCC/C=C\C/C=C\CCCCCCCCC(O)CCCCCCCCC(C)CC/C=C\CCCCC. The summed E-state index contributed by atoms with van der Waals surface area (Å²) in [5.41, 5.74) is 0. The number of unbranched alkanes of at least 4 members (excludes halogenated alkanes) is 17. The third-order valence-electron chi connectivity index (χ3n) is 8.19. The van der Waals surface area contributed by atoms with E-state index in [4.69, 9.17) is 0 Å². The molecule has 39 heavy (non-hydrogen) atoms. The first-order chi connectivity index (χ1) is 19.2. The van der Waals surface area contributed by atoms with Crippen molar-refractivity contribution in [3.8, 4) is 0 Å². The molecule has 0 amide bonds. The van der Waals surface area contributed by atoms with Gasteiger partial charge in [-0.3, -0.25) is 0 Å². The largest absolute Gasteiger partial charge is 0.393 e. The maximum Gasteiger partial charge on any atom is 0.0540 e. The number of hydrogen-bond acceptors (Lipinski definition) is 1. The van der Waals surface area contributed by atoms with Crippen molar-refractivity contribution in [1.82, 2.24) is 0 Å². The number of aliphatic hydroxyl groups is 1. The van der Waals surface area contributed by atoms with Crippen molar-refractivity contribution < 1.29 is 5.11 Å². The quantitative estimate of drug-likeness (QED) is 0.0679. The normalized spacial score (nSPS) is 13.8. The lowest BCUT2D eigenvalue weighted by Crippen LogP contribution is -2.05. The maximum atomic E-state index is 10.3. The van der Waals surface area contributed by atoms with Gasteiger partial charge in [0.05, 0.1) is 6.10 Å². The first-order valence-electron chi connectivity index (χ1n) is 17.8. The standard InChI is InChI=1S/C38H72O/c1-4-6-8-10-12-13-14-15-16-17-18-19-20-22-27-31-35-38(39)36-32-28-24-23-26-30-34-37(3)33-29-25-21-11-9-7-5-2/h12-13,15-16,21,25,37-39H,4-11,14,17-20,22-24,26-36H2,1-3H3/b13-12-,16-15-,25-21-. The van der Waals surface area contributed by atoms with Crippen LogP contribution in [0.25, 0.3) is 0 Å². The molecule has 0 aliphatic carbocycles. The average Bonchev–Trinajstić information content (AvgIpc) is 2.93. The Morgan fingerprint density at radius 1 is 0.410 bits per heavy atom. The van der Waals surface area contributed by atoms with Gasteiger partial charge < -0.3 is 5.11 Å². The maximum absolute atomic E-state index is 10.3. The molecule has 0 aliphatic heterocycles. The molecule has 2 atom stereocenters. The molecule has 0 heterocycles. The van der Waals surface area contributed by atoms with Gasteiger partial charge in [-0.1, -0.05) is 160 Å². The minimum absolute atomic E-state index is 0.0580.